The lowest BCUT2D eigenvalue weighted by atomic mass is 9.93. The van der Waals surface area contributed by atoms with Crippen molar-refractivity contribution >= 4 is 11.9 Å². The molecule has 0 aliphatic heterocycles. The van der Waals surface area contributed by atoms with Gasteiger partial charge in [-0.1, -0.05) is 55.1 Å². The number of rotatable bonds is 8. The number of benzene rings is 2. The summed E-state index contributed by atoms with van der Waals surface area (Å²) in [7, 11) is 0. The smallest absolute Gasteiger partial charge is 0.336 e. The first-order valence-electron chi connectivity index (χ1n) is 7.83. The van der Waals surface area contributed by atoms with Crippen molar-refractivity contribution in [3.8, 4) is 11.1 Å². The van der Waals surface area contributed by atoms with Crippen LogP contribution in [0.3, 0.4) is 0 Å². The van der Waals surface area contributed by atoms with Gasteiger partial charge in [0, 0.05) is 6.08 Å². The van der Waals surface area contributed by atoms with Crippen LogP contribution in [0.4, 0.5) is 0 Å². The van der Waals surface area contributed by atoms with Gasteiger partial charge >= 0.3 is 11.9 Å². The number of carboxylic acid groups (broad SMARTS) is 1. The zero-order valence-corrected chi connectivity index (χ0v) is 13.4. The Morgan fingerprint density at radius 3 is 2.46 bits per heavy atom. The van der Waals surface area contributed by atoms with E-state index in [0.717, 1.165) is 29.2 Å². The van der Waals surface area contributed by atoms with Gasteiger partial charge in [0.1, 0.15) is 0 Å². The highest BCUT2D eigenvalue weighted by Gasteiger charge is 2.16. The molecule has 4 nitrogen and oxygen atoms in total. The highest BCUT2D eigenvalue weighted by Crippen LogP contribution is 2.27. The maximum atomic E-state index is 11.8. The van der Waals surface area contributed by atoms with E-state index in [1.165, 1.54) is 0 Å². The van der Waals surface area contributed by atoms with E-state index in [-0.39, 0.29) is 0 Å². The fourth-order valence-corrected chi connectivity index (χ4v) is 2.57. The highest BCUT2D eigenvalue weighted by atomic mass is 16.5. The van der Waals surface area contributed by atoms with Gasteiger partial charge in [-0.3, -0.25) is 0 Å². The molecule has 0 heterocycles. The molecule has 24 heavy (non-hydrogen) atoms. The van der Waals surface area contributed by atoms with E-state index in [1.54, 1.807) is 0 Å². The van der Waals surface area contributed by atoms with Crippen molar-refractivity contribution in [2.45, 2.75) is 19.3 Å². The van der Waals surface area contributed by atoms with E-state index < -0.39 is 11.9 Å². The lowest BCUT2D eigenvalue weighted by Gasteiger charge is -2.12. The minimum atomic E-state index is -0.928. The van der Waals surface area contributed by atoms with Crippen LogP contribution >= 0.6 is 0 Å². The topological polar surface area (TPSA) is 63.6 Å². The summed E-state index contributed by atoms with van der Waals surface area (Å²) in [5, 5.41) is 9.63. The molecule has 0 aromatic heterocycles. The molecule has 0 saturated carbocycles. The largest absolute Gasteiger partial charge is 0.478 e. The number of aryl methyl sites for hydroxylation is 1. The number of hydrogen-bond acceptors (Lipinski definition) is 3. The minimum Gasteiger partial charge on any atom is -0.478 e. The Balaban J connectivity index is 2.11. The number of carbonyl (C=O) groups is 2. The summed E-state index contributed by atoms with van der Waals surface area (Å²) in [5.74, 6) is -1.37. The molecule has 0 radical (unpaired) electrons. The molecule has 124 valence electrons. The zero-order chi connectivity index (χ0) is 17.4. The number of ether oxygens (including phenoxy) is 1. The maximum absolute atomic E-state index is 11.8. The van der Waals surface area contributed by atoms with E-state index in [4.69, 9.17) is 4.74 Å². The molecule has 0 atom stereocenters. The second-order valence-corrected chi connectivity index (χ2v) is 5.34. The van der Waals surface area contributed by atoms with Crippen LogP contribution in [-0.4, -0.2) is 23.7 Å². The summed E-state index contributed by atoms with van der Waals surface area (Å²) in [6.07, 6.45) is 3.16. The number of aromatic carboxylic acids is 1. The first kappa shape index (κ1) is 17.5. The van der Waals surface area contributed by atoms with Crippen LogP contribution in [0.5, 0.6) is 0 Å². The first-order valence-corrected chi connectivity index (χ1v) is 7.83. The molecule has 0 amide bonds. The van der Waals surface area contributed by atoms with Crippen LogP contribution in [0.15, 0.2) is 61.2 Å². The summed E-state index contributed by atoms with van der Waals surface area (Å²) in [5.41, 5.74) is 2.74. The molecule has 0 aliphatic carbocycles. The fraction of sp³-hybridized carbons (Fsp3) is 0.200. The van der Waals surface area contributed by atoms with E-state index in [1.807, 2.05) is 48.5 Å². The molecule has 0 bridgehead atoms. The van der Waals surface area contributed by atoms with E-state index in [9.17, 15) is 14.7 Å². The van der Waals surface area contributed by atoms with Gasteiger partial charge in [-0.25, -0.2) is 9.59 Å². The van der Waals surface area contributed by atoms with Crippen LogP contribution in [0, 0.1) is 0 Å². The quantitative estimate of drug-likeness (QED) is 0.451. The third-order valence-corrected chi connectivity index (χ3v) is 3.70. The van der Waals surface area contributed by atoms with Gasteiger partial charge in [0.05, 0.1) is 12.2 Å². The molecule has 4 heteroatoms. The normalized spacial score (nSPS) is 10.2. The van der Waals surface area contributed by atoms with Crippen molar-refractivity contribution in [2.24, 2.45) is 0 Å². The van der Waals surface area contributed by atoms with E-state index in [0.29, 0.717) is 25.0 Å². The Morgan fingerprint density at radius 1 is 1.04 bits per heavy atom. The molecular weight excluding hydrogens is 304 g/mol. The molecule has 0 aliphatic rings. The van der Waals surface area contributed by atoms with Crippen molar-refractivity contribution < 1.29 is 19.4 Å². The Bertz CT molecular complexity index is 720. The molecule has 0 spiro atoms. The second-order valence-electron chi connectivity index (χ2n) is 5.34. The zero-order valence-electron chi connectivity index (χ0n) is 13.4. The summed E-state index contributed by atoms with van der Waals surface area (Å²) in [6, 6.07) is 15.0. The summed E-state index contributed by atoms with van der Waals surface area (Å²) in [4.78, 5) is 22.7. The molecule has 0 fully saturated rings. The van der Waals surface area contributed by atoms with Crippen molar-refractivity contribution in [3.05, 3.63) is 72.3 Å². The van der Waals surface area contributed by atoms with Crippen LogP contribution in [0.25, 0.3) is 11.1 Å². The van der Waals surface area contributed by atoms with Crippen LogP contribution < -0.4 is 0 Å². The predicted octanol–water partition coefficient (Wildman–Crippen LogP) is 4.10. The lowest BCUT2D eigenvalue weighted by molar-refractivity contribution is -0.137. The standard InChI is InChI=1S/C20H20O4/c1-2-18(21)24-14-7-6-11-16-12-8-13-17(19(16)20(22)23)15-9-4-3-5-10-15/h2-5,8-10,12-13H,1,6-7,11,14H2,(H,22,23). The van der Waals surface area contributed by atoms with Gasteiger partial charge in [-0.15, -0.1) is 0 Å². The van der Waals surface area contributed by atoms with Gasteiger partial charge < -0.3 is 9.84 Å². The Morgan fingerprint density at radius 2 is 1.79 bits per heavy atom. The van der Waals surface area contributed by atoms with Crippen molar-refractivity contribution in [1.82, 2.24) is 0 Å². The second kappa shape index (κ2) is 8.67. The Hall–Kier alpha value is -2.88. The molecular formula is C20H20O4. The van der Waals surface area contributed by atoms with Crippen LogP contribution in [0.1, 0.15) is 28.8 Å². The van der Waals surface area contributed by atoms with Gasteiger partial charge in [-0.05, 0) is 36.0 Å². The molecule has 0 unspecified atom stereocenters. The predicted molar refractivity (Wildman–Crippen MR) is 92.9 cm³/mol. The number of unbranched alkanes of at least 4 members (excludes halogenated alkanes) is 1. The molecule has 2 rings (SSSR count). The molecule has 1 N–H and O–H groups in total. The van der Waals surface area contributed by atoms with Gasteiger partial charge in [0.25, 0.3) is 0 Å². The number of esters is 1. The third-order valence-electron chi connectivity index (χ3n) is 3.70. The molecule has 0 saturated heterocycles. The van der Waals surface area contributed by atoms with Gasteiger partial charge in [-0.2, -0.15) is 0 Å². The lowest BCUT2D eigenvalue weighted by Crippen LogP contribution is -2.06. The fourth-order valence-electron chi connectivity index (χ4n) is 2.57. The number of hydrogen-bond donors (Lipinski definition) is 1. The molecule has 2 aromatic rings. The van der Waals surface area contributed by atoms with Crippen molar-refractivity contribution in [1.29, 1.82) is 0 Å². The van der Waals surface area contributed by atoms with Crippen LogP contribution in [-0.2, 0) is 16.0 Å². The van der Waals surface area contributed by atoms with E-state index in [2.05, 4.69) is 6.58 Å². The van der Waals surface area contributed by atoms with Crippen molar-refractivity contribution in [3.63, 3.8) is 0 Å². The number of carbonyl (C=O) groups excluding carboxylic acids is 1. The van der Waals surface area contributed by atoms with Crippen LogP contribution in [0.2, 0.25) is 0 Å². The average Bonchev–Trinajstić information content (AvgIpc) is 2.61. The minimum absolute atomic E-state index is 0.311. The van der Waals surface area contributed by atoms with Gasteiger partial charge in [0.2, 0.25) is 0 Å². The number of carboxylic acids is 1. The summed E-state index contributed by atoms with van der Waals surface area (Å²) >= 11 is 0. The average molecular weight is 324 g/mol. The molecule has 2 aromatic carbocycles. The summed E-state index contributed by atoms with van der Waals surface area (Å²) < 4.78 is 4.93. The Kier molecular flexibility index (Phi) is 6.32. The maximum Gasteiger partial charge on any atom is 0.336 e. The monoisotopic (exact) mass is 324 g/mol. The van der Waals surface area contributed by atoms with Gasteiger partial charge in [0.15, 0.2) is 0 Å². The first-order chi connectivity index (χ1) is 11.6. The Labute approximate surface area is 141 Å². The third kappa shape index (κ3) is 4.56. The highest BCUT2D eigenvalue weighted by molar-refractivity contribution is 5.97. The SMILES string of the molecule is C=CC(=O)OCCCCc1cccc(-c2ccccc2)c1C(=O)O. The van der Waals surface area contributed by atoms with Crippen molar-refractivity contribution in [2.75, 3.05) is 6.61 Å². The summed E-state index contributed by atoms with van der Waals surface area (Å²) in [6.45, 7) is 3.65. The van der Waals surface area contributed by atoms with E-state index >= 15 is 0 Å².